The van der Waals surface area contributed by atoms with E-state index in [1.165, 1.54) is 0 Å². The predicted molar refractivity (Wildman–Crippen MR) is 124 cm³/mol. The molecule has 0 atom stereocenters. The standard InChI is InChI=1S/C24H28N6O/c1-25-24(27-15-18-10-12-20(13-11-18)30-14-6-9-23(30)31)29(2)17-22-26-16-21(28-22)19-7-4-3-5-8-19/h3-5,7-8,10-13,16H,6,9,14-15,17H2,1-2H3,(H,25,27)(H,26,28). The van der Waals surface area contributed by atoms with Crippen LogP contribution in [-0.2, 0) is 17.9 Å². The average molecular weight is 417 g/mol. The van der Waals surface area contributed by atoms with Gasteiger partial charge in [-0.15, -0.1) is 0 Å². The van der Waals surface area contributed by atoms with Crippen LogP contribution in [0.25, 0.3) is 11.3 Å². The van der Waals surface area contributed by atoms with Crippen molar-refractivity contribution in [1.82, 2.24) is 20.2 Å². The second-order valence-corrected chi connectivity index (χ2v) is 7.68. The minimum atomic E-state index is 0.209. The number of nitrogens with one attached hydrogen (secondary N) is 2. The number of anilines is 1. The van der Waals surface area contributed by atoms with E-state index in [4.69, 9.17) is 0 Å². The fourth-order valence-electron chi connectivity index (χ4n) is 3.79. The Bertz CT molecular complexity index is 1040. The molecule has 2 aromatic carbocycles. The molecule has 160 valence electrons. The third kappa shape index (κ3) is 4.94. The summed E-state index contributed by atoms with van der Waals surface area (Å²) in [5.74, 6) is 1.88. The maximum Gasteiger partial charge on any atom is 0.227 e. The fraction of sp³-hybridized carbons (Fsp3) is 0.292. The van der Waals surface area contributed by atoms with Crippen LogP contribution in [0.2, 0.25) is 0 Å². The largest absolute Gasteiger partial charge is 0.352 e. The van der Waals surface area contributed by atoms with Crippen molar-refractivity contribution in [1.29, 1.82) is 0 Å². The highest BCUT2D eigenvalue weighted by Crippen LogP contribution is 2.21. The molecule has 1 saturated heterocycles. The van der Waals surface area contributed by atoms with E-state index in [2.05, 4.69) is 44.5 Å². The molecule has 7 nitrogen and oxygen atoms in total. The number of amides is 1. The Balaban J connectivity index is 1.33. The number of hydrogen-bond acceptors (Lipinski definition) is 3. The third-order valence-electron chi connectivity index (χ3n) is 5.45. The summed E-state index contributed by atoms with van der Waals surface area (Å²) in [7, 11) is 3.76. The van der Waals surface area contributed by atoms with Gasteiger partial charge in [0.15, 0.2) is 5.96 Å². The van der Waals surface area contributed by atoms with Gasteiger partial charge in [0, 0.05) is 39.3 Å². The van der Waals surface area contributed by atoms with Crippen molar-refractivity contribution in [2.24, 2.45) is 4.99 Å². The van der Waals surface area contributed by atoms with Crippen LogP contribution in [0.15, 0.2) is 65.8 Å². The normalized spacial score (nSPS) is 14.2. The number of nitrogens with zero attached hydrogens (tertiary/aromatic N) is 4. The fourth-order valence-corrected chi connectivity index (χ4v) is 3.79. The molecule has 31 heavy (non-hydrogen) atoms. The summed E-state index contributed by atoms with van der Waals surface area (Å²) in [5, 5.41) is 3.40. The van der Waals surface area contributed by atoms with E-state index in [9.17, 15) is 4.79 Å². The van der Waals surface area contributed by atoms with Crippen molar-refractivity contribution >= 4 is 17.6 Å². The van der Waals surface area contributed by atoms with Crippen molar-refractivity contribution in [2.75, 3.05) is 25.5 Å². The molecule has 1 aliphatic rings. The number of aliphatic imine (C=N–C) groups is 1. The van der Waals surface area contributed by atoms with Gasteiger partial charge in [0.25, 0.3) is 0 Å². The van der Waals surface area contributed by atoms with Crippen LogP contribution >= 0.6 is 0 Å². The van der Waals surface area contributed by atoms with Crippen molar-refractivity contribution in [2.45, 2.75) is 25.9 Å². The van der Waals surface area contributed by atoms with E-state index in [0.29, 0.717) is 19.5 Å². The molecule has 7 heteroatoms. The first-order chi connectivity index (χ1) is 15.1. The van der Waals surface area contributed by atoms with Gasteiger partial charge in [0.2, 0.25) is 5.91 Å². The number of H-pyrrole nitrogens is 1. The highest BCUT2D eigenvalue weighted by Gasteiger charge is 2.21. The van der Waals surface area contributed by atoms with E-state index in [1.54, 1.807) is 7.05 Å². The summed E-state index contributed by atoms with van der Waals surface area (Å²) >= 11 is 0. The molecular weight excluding hydrogens is 388 g/mol. The number of aromatic nitrogens is 2. The number of aromatic amines is 1. The number of carbonyl (C=O) groups is 1. The number of rotatable bonds is 6. The van der Waals surface area contributed by atoms with Crippen LogP contribution in [0.1, 0.15) is 24.2 Å². The summed E-state index contributed by atoms with van der Waals surface area (Å²) in [4.78, 5) is 28.1. The molecule has 0 saturated carbocycles. The Hall–Kier alpha value is -3.61. The molecule has 0 aliphatic carbocycles. The Kier molecular flexibility index (Phi) is 6.31. The van der Waals surface area contributed by atoms with E-state index in [-0.39, 0.29) is 5.91 Å². The third-order valence-corrected chi connectivity index (χ3v) is 5.45. The van der Waals surface area contributed by atoms with E-state index < -0.39 is 0 Å². The summed E-state index contributed by atoms with van der Waals surface area (Å²) in [5.41, 5.74) is 4.23. The Morgan fingerprint density at radius 2 is 1.97 bits per heavy atom. The maximum atomic E-state index is 11.9. The summed E-state index contributed by atoms with van der Waals surface area (Å²) in [6, 6.07) is 18.3. The summed E-state index contributed by atoms with van der Waals surface area (Å²) in [6.45, 7) is 2.08. The van der Waals surface area contributed by atoms with Gasteiger partial charge in [0.1, 0.15) is 5.82 Å². The molecule has 1 aliphatic heterocycles. The molecule has 1 amide bonds. The predicted octanol–water partition coefficient (Wildman–Crippen LogP) is 3.41. The van der Waals surface area contributed by atoms with Crippen molar-refractivity contribution < 1.29 is 4.79 Å². The lowest BCUT2D eigenvalue weighted by Gasteiger charge is -2.21. The summed E-state index contributed by atoms with van der Waals surface area (Å²) in [6.07, 6.45) is 3.45. The van der Waals surface area contributed by atoms with Gasteiger partial charge in [-0.05, 0) is 29.7 Å². The molecule has 0 bridgehead atoms. The van der Waals surface area contributed by atoms with Gasteiger partial charge < -0.3 is 20.1 Å². The Morgan fingerprint density at radius 3 is 2.65 bits per heavy atom. The van der Waals surface area contributed by atoms with Gasteiger partial charge >= 0.3 is 0 Å². The molecule has 2 heterocycles. The van der Waals surface area contributed by atoms with Crippen LogP contribution < -0.4 is 10.2 Å². The van der Waals surface area contributed by atoms with Crippen LogP contribution in [0.4, 0.5) is 5.69 Å². The lowest BCUT2D eigenvalue weighted by Crippen LogP contribution is -2.38. The molecule has 4 rings (SSSR count). The van der Waals surface area contributed by atoms with E-state index >= 15 is 0 Å². The van der Waals surface area contributed by atoms with E-state index in [0.717, 1.165) is 47.3 Å². The van der Waals surface area contributed by atoms with Crippen molar-refractivity contribution in [3.05, 3.63) is 72.2 Å². The zero-order chi connectivity index (χ0) is 21.6. The first-order valence-electron chi connectivity index (χ1n) is 10.5. The first-order valence-corrected chi connectivity index (χ1v) is 10.5. The minimum absolute atomic E-state index is 0.209. The smallest absolute Gasteiger partial charge is 0.227 e. The first kappa shape index (κ1) is 20.7. The molecule has 0 spiro atoms. The minimum Gasteiger partial charge on any atom is -0.352 e. The second-order valence-electron chi connectivity index (χ2n) is 7.68. The number of benzene rings is 2. The average Bonchev–Trinajstić information content (AvgIpc) is 3.44. The molecule has 1 aromatic heterocycles. The van der Waals surface area contributed by atoms with Gasteiger partial charge in [0.05, 0.1) is 18.4 Å². The van der Waals surface area contributed by atoms with Crippen LogP contribution in [-0.4, -0.2) is 47.4 Å². The van der Waals surface area contributed by atoms with Crippen molar-refractivity contribution in [3.8, 4) is 11.3 Å². The second kappa shape index (κ2) is 9.47. The number of hydrogen-bond donors (Lipinski definition) is 2. The molecule has 2 N–H and O–H groups in total. The van der Waals surface area contributed by atoms with Gasteiger partial charge in [-0.1, -0.05) is 42.5 Å². The molecule has 0 unspecified atom stereocenters. The summed E-state index contributed by atoms with van der Waals surface area (Å²) < 4.78 is 0. The SMILES string of the molecule is CN=C(NCc1ccc(N2CCCC2=O)cc1)N(C)Cc1ncc(-c2ccccc2)[nH]1. The Labute approximate surface area is 182 Å². The van der Waals surface area contributed by atoms with Crippen LogP contribution in [0, 0.1) is 0 Å². The molecule has 1 fully saturated rings. The zero-order valence-electron chi connectivity index (χ0n) is 18.0. The van der Waals surface area contributed by atoms with Crippen LogP contribution in [0.5, 0.6) is 0 Å². The number of carbonyl (C=O) groups excluding carboxylic acids is 1. The number of imidazole rings is 1. The van der Waals surface area contributed by atoms with Crippen molar-refractivity contribution in [3.63, 3.8) is 0 Å². The van der Waals surface area contributed by atoms with E-state index in [1.807, 2.05) is 53.4 Å². The highest BCUT2D eigenvalue weighted by molar-refractivity contribution is 5.95. The lowest BCUT2D eigenvalue weighted by molar-refractivity contribution is -0.117. The molecular formula is C24H28N6O. The highest BCUT2D eigenvalue weighted by atomic mass is 16.2. The number of guanidine groups is 1. The maximum absolute atomic E-state index is 11.9. The zero-order valence-corrected chi connectivity index (χ0v) is 18.0. The van der Waals surface area contributed by atoms with Gasteiger partial charge in [-0.3, -0.25) is 9.79 Å². The van der Waals surface area contributed by atoms with Gasteiger partial charge in [-0.2, -0.15) is 0 Å². The topological polar surface area (TPSA) is 76.6 Å². The molecule has 3 aromatic rings. The van der Waals surface area contributed by atoms with Gasteiger partial charge in [-0.25, -0.2) is 4.98 Å². The molecule has 0 radical (unpaired) electrons. The van der Waals surface area contributed by atoms with Crippen LogP contribution in [0.3, 0.4) is 0 Å². The Morgan fingerprint density at radius 1 is 1.19 bits per heavy atom. The quantitative estimate of drug-likeness (QED) is 0.477. The monoisotopic (exact) mass is 416 g/mol. The lowest BCUT2D eigenvalue weighted by atomic mass is 10.2.